The van der Waals surface area contributed by atoms with Gasteiger partial charge in [0.05, 0.1) is 17.6 Å². The van der Waals surface area contributed by atoms with Crippen molar-refractivity contribution >= 4 is 28.5 Å². The molecule has 7 nitrogen and oxygen atoms in total. The van der Waals surface area contributed by atoms with E-state index >= 15 is 0 Å². The molecule has 0 unspecified atom stereocenters. The lowest BCUT2D eigenvalue weighted by molar-refractivity contribution is -0.134. The van der Waals surface area contributed by atoms with Crippen LogP contribution in [0.15, 0.2) is 53.3 Å². The van der Waals surface area contributed by atoms with Crippen LogP contribution in [0.5, 0.6) is 0 Å². The maximum Gasteiger partial charge on any atom is 0.326 e. The van der Waals surface area contributed by atoms with Crippen LogP contribution in [0, 0.1) is 0 Å². The topological polar surface area (TPSA) is 64.6 Å². The molecule has 2 fully saturated rings. The maximum absolute atomic E-state index is 12.9. The van der Waals surface area contributed by atoms with Gasteiger partial charge < -0.3 is 9.88 Å². The first kappa shape index (κ1) is 22.2. The fourth-order valence-corrected chi connectivity index (χ4v) is 5.19. The van der Waals surface area contributed by atoms with Gasteiger partial charge in [0.1, 0.15) is 0 Å². The molecular formula is C25H30ClN5O2. The maximum atomic E-state index is 12.9. The van der Waals surface area contributed by atoms with Crippen molar-refractivity contribution < 1.29 is 4.79 Å². The average molecular weight is 468 g/mol. The van der Waals surface area contributed by atoms with E-state index in [2.05, 4.69) is 26.9 Å². The Kier molecular flexibility index (Phi) is 6.53. The Morgan fingerprint density at radius 3 is 2.33 bits per heavy atom. The lowest BCUT2D eigenvalue weighted by atomic mass is 10.0. The molecule has 1 N–H and O–H groups in total. The summed E-state index contributed by atoms with van der Waals surface area (Å²) >= 11 is 5.97. The van der Waals surface area contributed by atoms with Gasteiger partial charge >= 0.3 is 5.69 Å². The molecule has 0 saturated carbocycles. The highest BCUT2D eigenvalue weighted by Gasteiger charge is 2.27. The molecule has 1 amide bonds. The number of piperazine rings is 1. The van der Waals surface area contributed by atoms with Crippen LogP contribution in [-0.2, 0) is 11.3 Å². The Balaban J connectivity index is 1.10. The average Bonchev–Trinajstić information content (AvgIpc) is 3.17. The summed E-state index contributed by atoms with van der Waals surface area (Å²) in [6, 6.07) is 16.0. The number of H-pyrrole nitrogens is 1. The van der Waals surface area contributed by atoms with Gasteiger partial charge in [-0.3, -0.25) is 19.2 Å². The molecule has 0 spiro atoms. The first-order valence-electron chi connectivity index (χ1n) is 11.7. The Morgan fingerprint density at radius 1 is 0.909 bits per heavy atom. The normalized spacial score (nSPS) is 18.8. The van der Waals surface area contributed by atoms with E-state index in [4.69, 9.17) is 11.6 Å². The minimum atomic E-state index is -0.0396. The number of nitrogens with one attached hydrogen (secondary N) is 1. The number of piperidine rings is 1. The molecule has 174 valence electrons. The number of likely N-dealkylation sites (tertiary alicyclic amines) is 1. The number of imidazole rings is 1. The van der Waals surface area contributed by atoms with E-state index in [1.165, 1.54) is 5.56 Å². The van der Waals surface area contributed by atoms with Crippen molar-refractivity contribution in [1.29, 1.82) is 0 Å². The Bertz CT molecular complexity index is 1160. The van der Waals surface area contributed by atoms with Gasteiger partial charge in [-0.05, 0) is 42.7 Å². The third-order valence-electron chi connectivity index (χ3n) is 6.95. The number of halogens is 1. The third kappa shape index (κ3) is 5.00. The predicted molar refractivity (Wildman–Crippen MR) is 131 cm³/mol. The number of rotatable bonds is 5. The summed E-state index contributed by atoms with van der Waals surface area (Å²) in [5, 5.41) is 0.756. The lowest BCUT2D eigenvalue weighted by Gasteiger charge is -2.37. The third-order valence-corrected chi connectivity index (χ3v) is 7.20. The summed E-state index contributed by atoms with van der Waals surface area (Å²) in [7, 11) is 0. The van der Waals surface area contributed by atoms with Crippen LogP contribution in [0.3, 0.4) is 0 Å². The van der Waals surface area contributed by atoms with E-state index < -0.39 is 0 Å². The summed E-state index contributed by atoms with van der Waals surface area (Å²) in [5.74, 6) is 0.212. The highest BCUT2D eigenvalue weighted by molar-refractivity contribution is 6.30. The largest absolute Gasteiger partial charge is 0.339 e. The van der Waals surface area contributed by atoms with Crippen molar-refractivity contribution in [2.24, 2.45) is 0 Å². The van der Waals surface area contributed by atoms with Crippen molar-refractivity contribution in [2.45, 2.75) is 25.4 Å². The minimum Gasteiger partial charge on any atom is -0.339 e. The number of fused-ring (bicyclic) bond motifs is 1. The fraction of sp³-hybridized carbons (Fsp3) is 0.440. The van der Waals surface area contributed by atoms with E-state index in [0.29, 0.717) is 6.54 Å². The SMILES string of the molecule is O=C(CN1CCC(n2c(=O)[nH]c3ccccc32)CC1)N1CCN(Cc2ccc(Cl)cc2)CC1. The molecule has 0 aliphatic carbocycles. The molecule has 2 aliphatic heterocycles. The molecular weight excluding hydrogens is 438 g/mol. The monoisotopic (exact) mass is 467 g/mol. The van der Waals surface area contributed by atoms with Gasteiger partial charge in [0, 0.05) is 56.9 Å². The van der Waals surface area contributed by atoms with E-state index in [9.17, 15) is 9.59 Å². The van der Waals surface area contributed by atoms with Crippen molar-refractivity contribution in [3.05, 3.63) is 69.6 Å². The Morgan fingerprint density at radius 2 is 1.61 bits per heavy atom. The van der Waals surface area contributed by atoms with Crippen LogP contribution < -0.4 is 5.69 Å². The van der Waals surface area contributed by atoms with Crippen molar-refractivity contribution in [2.75, 3.05) is 45.8 Å². The van der Waals surface area contributed by atoms with Crippen molar-refractivity contribution in [1.82, 2.24) is 24.3 Å². The van der Waals surface area contributed by atoms with E-state index in [0.717, 1.165) is 74.7 Å². The first-order valence-corrected chi connectivity index (χ1v) is 12.1. The molecule has 0 bridgehead atoms. The highest BCUT2D eigenvalue weighted by Crippen LogP contribution is 2.25. The number of nitrogens with zero attached hydrogens (tertiary/aromatic N) is 4. The molecule has 3 heterocycles. The standard InChI is InChI=1S/C25H30ClN5O2/c26-20-7-5-19(6-8-20)17-29-13-15-30(16-14-29)24(32)18-28-11-9-21(10-12-28)31-23-4-2-1-3-22(23)27-25(31)33/h1-8,21H,9-18H2,(H,27,33). The number of hydrogen-bond acceptors (Lipinski definition) is 4. The van der Waals surface area contributed by atoms with Crippen LogP contribution in [0.1, 0.15) is 24.4 Å². The molecule has 2 saturated heterocycles. The second kappa shape index (κ2) is 9.71. The van der Waals surface area contributed by atoms with Crippen LogP contribution in [0.25, 0.3) is 11.0 Å². The Hall–Kier alpha value is -2.61. The van der Waals surface area contributed by atoms with Gasteiger partial charge in [0.25, 0.3) is 0 Å². The molecule has 5 rings (SSSR count). The van der Waals surface area contributed by atoms with Crippen LogP contribution in [0.4, 0.5) is 0 Å². The number of carbonyl (C=O) groups excluding carboxylic acids is 1. The van der Waals surface area contributed by atoms with Gasteiger partial charge in [0.15, 0.2) is 0 Å². The van der Waals surface area contributed by atoms with Crippen LogP contribution >= 0.6 is 11.6 Å². The Labute approximate surface area is 198 Å². The second-order valence-electron chi connectivity index (χ2n) is 9.11. The number of amides is 1. The van der Waals surface area contributed by atoms with Gasteiger partial charge in [0.2, 0.25) is 5.91 Å². The molecule has 3 aromatic rings. The lowest BCUT2D eigenvalue weighted by Crippen LogP contribution is -2.51. The number of hydrogen-bond donors (Lipinski definition) is 1. The summed E-state index contributed by atoms with van der Waals surface area (Å²) in [4.78, 5) is 35.0. The van der Waals surface area contributed by atoms with Crippen LogP contribution in [0.2, 0.25) is 5.02 Å². The van der Waals surface area contributed by atoms with Crippen molar-refractivity contribution in [3.8, 4) is 0 Å². The van der Waals surface area contributed by atoms with Crippen LogP contribution in [-0.4, -0.2) is 76.0 Å². The van der Waals surface area contributed by atoms with E-state index in [-0.39, 0.29) is 17.6 Å². The summed E-state index contributed by atoms with van der Waals surface area (Å²) in [6.45, 7) is 6.34. The first-order chi connectivity index (χ1) is 16.1. The number of aromatic amines is 1. The molecule has 33 heavy (non-hydrogen) atoms. The second-order valence-corrected chi connectivity index (χ2v) is 9.54. The molecule has 8 heteroatoms. The zero-order chi connectivity index (χ0) is 22.8. The summed E-state index contributed by atoms with van der Waals surface area (Å²) < 4.78 is 1.90. The smallest absolute Gasteiger partial charge is 0.326 e. The number of aromatic nitrogens is 2. The fourth-order valence-electron chi connectivity index (χ4n) is 5.07. The molecule has 0 radical (unpaired) electrons. The van der Waals surface area contributed by atoms with E-state index in [1.807, 2.05) is 45.9 Å². The number of carbonyl (C=O) groups is 1. The van der Waals surface area contributed by atoms with Gasteiger partial charge in [-0.15, -0.1) is 0 Å². The zero-order valence-electron chi connectivity index (χ0n) is 18.8. The predicted octanol–water partition coefficient (Wildman–Crippen LogP) is 2.96. The molecule has 1 aromatic heterocycles. The quantitative estimate of drug-likeness (QED) is 0.626. The summed E-state index contributed by atoms with van der Waals surface area (Å²) in [6.07, 6.45) is 1.76. The van der Waals surface area contributed by atoms with E-state index in [1.54, 1.807) is 0 Å². The minimum absolute atomic E-state index is 0.0396. The highest BCUT2D eigenvalue weighted by atomic mass is 35.5. The van der Waals surface area contributed by atoms with Gasteiger partial charge in [-0.1, -0.05) is 35.9 Å². The summed E-state index contributed by atoms with van der Waals surface area (Å²) in [5.41, 5.74) is 3.06. The molecule has 2 aromatic carbocycles. The van der Waals surface area contributed by atoms with Gasteiger partial charge in [-0.2, -0.15) is 0 Å². The molecule has 0 atom stereocenters. The van der Waals surface area contributed by atoms with Crippen molar-refractivity contribution in [3.63, 3.8) is 0 Å². The zero-order valence-corrected chi connectivity index (χ0v) is 19.5. The van der Waals surface area contributed by atoms with Gasteiger partial charge in [-0.25, -0.2) is 4.79 Å². The number of para-hydroxylation sites is 2. The number of benzene rings is 2. The molecule has 2 aliphatic rings.